The number of aromatic nitrogens is 1. The van der Waals surface area contributed by atoms with Gasteiger partial charge in [-0.25, -0.2) is 9.37 Å². The maximum atomic E-state index is 14.1. The molecule has 0 radical (unpaired) electrons. The molecule has 7 heteroatoms. The summed E-state index contributed by atoms with van der Waals surface area (Å²) in [5.74, 6) is -1.35. The van der Waals surface area contributed by atoms with Gasteiger partial charge in [0.05, 0.1) is 18.2 Å². The Kier molecular flexibility index (Phi) is 4.62. The average molecular weight is 347 g/mol. The van der Waals surface area contributed by atoms with E-state index in [1.165, 1.54) is 22.3 Å². The number of carbonyl (C=O) groups is 2. The summed E-state index contributed by atoms with van der Waals surface area (Å²) in [5.41, 5.74) is 1.94. The summed E-state index contributed by atoms with van der Waals surface area (Å²) in [7, 11) is 0. The van der Waals surface area contributed by atoms with E-state index in [1.54, 1.807) is 19.1 Å². The Morgan fingerprint density at radius 2 is 2.25 bits per heavy atom. The van der Waals surface area contributed by atoms with E-state index in [-0.39, 0.29) is 30.5 Å². The van der Waals surface area contributed by atoms with Gasteiger partial charge in [-0.1, -0.05) is 6.07 Å². The minimum absolute atomic E-state index is 0.0933. The number of hydrogen-bond donors (Lipinski definition) is 1. The van der Waals surface area contributed by atoms with Crippen LogP contribution in [0.5, 0.6) is 0 Å². The second kappa shape index (κ2) is 6.68. The van der Waals surface area contributed by atoms with Gasteiger partial charge in [-0.15, -0.1) is 11.3 Å². The van der Waals surface area contributed by atoms with E-state index in [0.29, 0.717) is 6.54 Å². The number of hydrogen-bond acceptors (Lipinski definition) is 4. The van der Waals surface area contributed by atoms with Crippen LogP contribution in [0.25, 0.3) is 0 Å². The van der Waals surface area contributed by atoms with Gasteiger partial charge in [-0.2, -0.15) is 0 Å². The Bertz CT molecular complexity index is 790. The molecule has 1 saturated heterocycles. The summed E-state index contributed by atoms with van der Waals surface area (Å²) < 4.78 is 14.1. The van der Waals surface area contributed by atoms with Crippen LogP contribution in [-0.2, 0) is 16.1 Å². The maximum Gasteiger partial charge on any atom is 0.227 e. The van der Waals surface area contributed by atoms with Gasteiger partial charge < -0.3 is 10.2 Å². The lowest BCUT2D eigenvalue weighted by molar-refractivity contribution is -0.126. The van der Waals surface area contributed by atoms with Crippen LogP contribution in [0.1, 0.15) is 22.7 Å². The second-order valence-electron chi connectivity index (χ2n) is 5.96. The highest BCUT2D eigenvalue weighted by molar-refractivity contribution is 7.09. The van der Waals surface area contributed by atoms with Crippen molar-refractivity contribution in [1.82, 2.24) is 10.3 Å². The zero-order chi connectivity index (χ0) is 17.3. The molecule has 2 heterocycles. The largest absolute Gasteiger partial charge is 0.349 e. The van der Waals surface area contributed by atoms with Crippen molar-refractivity contribution in [3.05, 3.63) is 45.7 Å². The first-order valence-electron chi connectivity index (χ1n) is 7.69. The highest BCUT2D eigenvalue weighted by Crippen LogP contribution is 2.28. The highest BCUT2D eigenvalue weighted by Gasteiger charge is 2.36. The Labute approximate surface area is 143 Å². The zero-order valence-electron chi connectivity index (χ0n) is 13.5. The first kappa shape index (κ1) is 16.6. The average Bonchev–Trinajstić information content (AvgIpc) is 3.11. The number of rotatable bonds is 4. The molecule has 0 bridgehead atoms. The third kappa shape index (κ3) is 3.46. The van der Waals surface area contributed by atoms with E-state index in [1.807, 2.05) is 12.3 Å². The van der Waals surface area contributed by atoms with Crippen LogP contribution in [0.2, 0.25) is 0 Å². The van der Waals surface area contributed by atoms with Crippen LogP contribution in [0.4, 0.5) is 10.1 Å². The minimum Gasteiger partial charge on any atom is -0.349 e. The number of nitrogens with zero attached hydrogens (tertiary/aromatic N) is 2. The van der Waals surface area contributed by atoms with Gasteiger partial charge in [0.1, 0.15) is 10.8 Å². The molecule has 1 N–H and O–H groups in total. The number of anilines is 1. The van der Waals surface area contributed by atoms with Crippen molar-refractivity contribution in [3.63, 3.8) is 0 Å². The predicted molar refractivity (Wildman–Crippen MR) is 90.3 cm³/mol. The van der Waals surface area contributed by atoms with Crippen molar-refractivity contribution >= 4 is 28.8 Å². The van der Waals surface area contributed by atoms with Crippen molar-refractivity contribution in [3.8, 4) is 0 Å². The molecule has 1 fully saturated rings. The third-order valence-corrected chi connectivity index (χ3v) is 4.94. The summed E-state index contributed by atoms with van der Waals surface area (Å²) in [4.78, 5) is 30.1. The van der Waals surface area contributed by atoms with E-state index < -0.39 is 11.7 Å². The molecule has 5 nitrogen and oxygen atoms in total. The first-order valence-corrected chi connectivity index (χ1v) is 8.57. The molecule has 1 aliphatic rings. The minimum atomic E-state index is -0.473. The molecular formula is C17H18FN3O2S. The summed E-state index contributed by atoms with van der Waals surface area (Å²) in [6.07, 6.45) is 0.0933. The molecule has 1 unspecified atom stereocenters. The van der Waals surface area contributed by atoms with Crippen molar-refractivity contribution in [2.45, 2.75) is 26.8 Å². The molecule has 3 rings (SSSR count). The van der Waals surface area contributed by atoms with Crippen LogP contribution < -0.4 is 10.2 Å². The van der Waals surface area contributed by atoms with E-state index >= 15 is 0 Å². The Balaban J connectivity index is 1.64. The number of thiazole rings is 1. The molecule has 0 saturated carbocycles. The van der Waals surface area contributed by atoms with Crippen LogP contribution >= 0.6 is 11.3 Å². The standard InChI is InChI=1S/C17H18FN3O2S/c1-10-3-4-14(13(18)5-10)21-8-12(6-16(21)22)17(23)19-7-15-20-11(2)9-24-15/h3-5,9,12H,6-8H2,1-2H3,(H,19,23). The van der Waals surface area contributed by atoms with Crippen LogP contribution in [0.15, 0.2) is 23.6 Å². The highest BCUT2D eigenvalue weighted by atomic mass is 32.1. The summed E-state index contributed by atoms with van der Waals surface area (Å²) >= 11 is 1.48. The fraction of sp³-hybridized carbons (Fsp3) is 0.353. The summed E-state index contributed by atoms with van der Waals surface area (Å²) in [5, 5.41) is 5.55. The van der Waals surface area contributed by atoms with Crippen LogP contribution in [0.3, 0.4) is 0 Å². The SMILES string of the molecule is Cc1ccc(N2CC(C(=O)NCc3nc(C)cs3)CC2=O)c(F)c1. The van der Waals surface area contributed by atoms with Gasteiger partial charge in [-0.05, 0) is 31.5 Å². The Morgan fingerprint density at radius 3 is 2.92 bits per heavy atom. The molecule has 1 aliphatic heterocycles. The van der Waals surface area contributed by atoms with Crippen molar-refractivity contribution < 1.29 is 14.0 Å². The molecule has 126 valence electrons. The van der Waals surface area contributed by atoms with Gasteiger partial charge >= 0.3 is 0 Å². The number of halogens is 1. The molecule has 2 aromatic rings. The normalized spacial score (nSPS) is 17.4. The van der Waals surface area contributed by atoms with Crippen LogP contribution in [0, 0.1) is 25.6 Å². The molecule has 0 spiro atoms. The maximum absolute atomic E-state index is 14.1. The van der Waals surface area contributed by atoms with Crippen molar-refractivity contribution in [2.75, 3.05) is 11.4 Å². The molecule has 2 amide bonds. The number of amides is 2. The summed E-state index contributed by atoms with van der Waals surface area (Å²) in [6, 6.07) is 4.73. The van der Waals surface area contributed by atoms with Gasteiger partial charge in [0.25, 0.3) is 0 Å². The van der Waals surface area contributed by atoms with Crippen molar-refractivity contribution in [1.29, 1.82) is 0 Å². The smallest absolute Gasteiger partial charge is 0.227 e. The fourth-order valence-electron chi connectivity index (χ4n) is 2.74. The number of carbonyl (C=O) groups excluding carboxylic acids is 2. The lowest BCUT2D eigenvalue weighted by Crippen LogP contribution is -2.32. The Morgan fingerprint density at radius 1 is 1.46 bits per heavy atom. The molecular weight excluding hydrogens is 329 g/mol. The number of benzene rings is 1. The number of nitrogens with one attached hydrogen (secondary N) is 1. The predicted octanol–water partition coefficient (Wildman–Crippen LogP) is 2.57. The molecule has 1 aromatic heterocycles. The molecule has 0 aliphatic carbocycles. The summed E-state index contributed by atoms with van der Waals surface area (Å²) in [6.45, 7) is 4.23. The lowest BCUT2D eigenvalue weighted by Gasteiger charge is -2.17. The zero-order valence-corrected chi connectivity index (χ0v) is 14.3. The quantitative estimate of drug-likeness (QED) is 0.925. The molecule has 1 aromatic carbocycles. The lowest BCUT2D eigenvalue weighted by atomic mass is 10.1. The first-order chi connectivity index (χ1) is 11.4. The fourth-order valence-corrected chi connectivity index (χ4v) is 3.45. The third-order valence-electron chi connectivity index (χ3n) is 3.97. The van der Waals surface area contributed by atoms with Gasteiger partial charge in [0.15, 0.2) is 0 Å². The van der Waals surface area contributed by atoms with E-state index in [9.17, 15) is 14.0 Å². The number of aryl methyl sites for hydroxylation is 2. The second-order valence-corrected chi connectivity index (χ2v) is 6.90. The van der Waals surface area contributed by atoms with Crippen LogP contribution in [-0.4, -0.2) is 23.3 Å². The van der Waals surface area contributed by atoms with E-state index in [2.05, 4.69) is 10.3 Å². The van der Waals surface area contributed by atoms with E-state index in [0.717, 1.165) is 16.3 Å². The van der Waals surface area contributed by atoms with Gasteiger partial charge in [0.2, 0.25) is 11.8 Å². The van der Waals surface area contributed by atoms with Crippen molar-refractivity contribution in [2.24, 2.45) is 5.92 Å². The Hall–Kier alpha value is -2.28. The molecule has 24 heavy (non-hydrogen) atoms. The topological polar surface area (TPSA) is 62.3 Å². The monoisotopic (exact) mass is 347 g/mol. The van der Waals surface area contributed by atoms with Gasteiger partial charge in [-0.3, -0.25) is 9.59 Å². The van der Waals surface area contributed by atoms with E-state index in [4.69, 9.17) is 0 Å². The van der Waals surface area contributed by atoms with Gasteiger partial charge in [0, 0.05) is 24.0 Å². The molecule has 1 atom stereocenters.